The highest BCUT2D eigenvalue weighted by Gasteiger charge is 2.27. The van der Waals surface area contributed by atoms with E-state index in [1.54, 1.807) is 0 Å². The summed E-state index contributed by atoms with van der Waals surface area (Å²) in [7, 11) is 2.05. The molecule has 1 saturated heterocycles. The molecular formula is C14H24BrN3O. The third-order valence-electron chi connectivity index (χ3n) is 3.99. The van der Waals surface area contributed by atoms with Crippen LogP contribution in [0.15, 0.2) is 4.47 Å². The fourth-order valence-electron chi connectivity index (χ4n) is 2.84. The van der Waals surface area contributed by atoms with Crippen molar-refractivity contribution in [3.05, 3.63) is 15.9 Å². The van der Waals surface area contributed by atoms with Crippen LogP contribution in [0.3, 0.4) is 0 Å². The number of nitrogens with one attached hydrogen (secondary N) is 1. The van der Waals surface area contributed by atoms with E-state index in [2.05, 4.69) is 44.9 Å². The van der Waals surface area contributed by atoms with E-state index in [1.807, 2.05) is 7.05 Å². The molecule has 1 fully saturated rings. The van der Waals surface area contributed by atoms with Crippen LogP contribution in [0.2, 0.25) is 0 Å². The van der Waals surface area contributed by atoms with E-state index in [9.17, 15) is 0 Å². The van der Waals surface area contributed by atoms with Crippen molar-refractivity contribution in [2.45, 2.75) is 45.7 Å². The molecular weight excluding hydrogens is 306 g/mol. The van der Waals surface area contributed by atoms with Crippen LogP contribution < -0.4 is 5.32 Å². The van der Waals surface area contributed by atoms with Gasteiger partial charge in [-0.3, -0.25) is 4.68 Å². The van der Waals surface area contributed by atoms with E-state index in [1.165, 1.54) is 10.2 Å². The number of hydrogen-bond acceptors (Lipinski definition) is 3. The summed E-state index contributed by atoms with van der Waals surface area (Å²) in [6.45, 7) is 6.93. The number of aryl methyl sites for hydroxylation is 2. The molecule has 1 aromatic heterocycles. The van der Waals surface area contributed by atoms with Crippen LogP contribution in [0, 0.1) is 5.92 Å². The van der Waals surface area contributed by atoms with Crippen LogP contribution in [0.1, 0.15) is 31.7 Å². The highest BCUT2D eigenvalue weighted by molar-refractivity contribution is 9.10. The zero-order chi connectivity index (χ0) is 13.8. The smallest absolute Gasteiger partial charge is 0.0766 e. The molecule has 2 rings (SSSR count). The fourth-order valence-corrected chi connectivity index (χ4v) is 3.56. The molecule has 0 aromatic carbocycles. The Hall–Kier alpha value is -0.390. The van der Waals surface area contributed by atoms with Gasteiger partial charge in [-0.25, -0.2) is 0 Å². The molecule has 0 radical (unpaired) electrons. The lowest BCUT2D eigenvalue weighted by atomic mass is 9.91. The molecule has 0 spiro atoms. The SMILES string of the molecule is CCc1nn(CC)c(CC2COCCC2NC)c1Br. The minimum atomic E-state index is 0.529. The lowest BCUT2D eigenvalue weighted by molar-refractivity contribution is 0.0334. The summed E-state index contributed by atoms with van der Waals surface area (Å²) in [6, 6.07) is 0.547. The van der Waals surface area contributed by atoms with Gasteiger partial charge in [0.05, 0.1) is 22.5 Å². The van der Waals surface area contributed by atoms with Gasteiger partial charge in [-0.2, -0.15) is 5.10 Å². The summed E-state index contributed by atoms with van der Waals surface area (Å²) in [5, 5.41) is 8.10. The third-order valence-corrected chi connectivity index (χ3v) is 4.91. The normalized spacial score (nSPS) is 23.8. The van der Waals surface area contributed by atoms with Crippen molar-refractivity contribution >= 4 is 15.9 Å². The molecule has 108 valence electrons. The summed E-state index contributed by atoms with van der Waals surface area (Å²) in [6.07, 6.45) is 3.09. The molecule has 19 heavy (non-hydrogen) atoms. The molecule has 1 N–H and O–H groups in total. The van der Waals surface area contributed by atoms with Crippen molar-refractivity contribution in [2.24, 2.45) is 5.92 Å². The number of nitrogens with zero attached hydrogens (tertiary/aromatic N) is 2. The quantitative estimate of drug-likeness (QED) is 0.901. The summed E-state index contributed by atoms with van der Waals surface area (Å²) >= 11 is 3.73. The maximum absolute atomic E-state index is 5.65. The van der Waals surface area contributed by atoms with E-state index in [0.29, 0.717) is 12.0 Å². The second-order valence-electron chi connectivity index (χ2n) is 5.10. The molecule has 0 aliphatic carbocycles. The minimum Gasteiger partial charge on any atom is -0.381 e. The van der Waals surface area contributed by atoms with Gasteiger partial charge in [-0.15, -0.1) is 0 Å². The van der Waals surface area contributed by atoms with Crippen LogP contribution in [-0.2, 0) is 24.1 Å². The topological polar surface area (TPSA) is 39.1 Å². The molecule has 5 heteroatoms. The Morgan fingerprint density at radius 1 is 1.47 bits per heavy atom. The van der Waals surface area contributed by atoms with Gasteiger partial charge in [-0.05, 0) is 49.2 Å². The van der Waals surface area contributed by atoms with E-state index in [0.717, 1.165) is 44.7 Å². The highest BCUT2D eigenvalue weighted by atomic mass is 79.9. The average molecular weight is 330 g/mol. The fraction of sp³-hybridized carbons (Fsp3) is 0.786. The van der Waals surface area contributed by atoms with Crippen molar-refractivity contribution < 1.29 is 4.74 Å². The largest absolute Gasteiger partial charge is 0.381 e. The van der Waals surface area contributed by atoms with Crippen molar-refractivity contribution in [1.29, 1.82) is 0 Å². The van der Waals surface area contributed by atoms with Gasteiger partial charge in [0.2, 0.25) is 0 Å². The highest BCUT2D eigenvalue weighted by Crippen LogP contribution is 2.27. The maximum Gasteiger partial charge on any atom is 0.0766 e. The lowest BCUT2D eigenvalue weighted by Gasteiger charge is -2.31. The summed E-state index contributed by atoms with van der Waals surface area (Å²) in [4.78, 5) is 0. The summed E-state index contributed by atoms with van der Waals surface area (Å²) in [5.41, 5.74) is 2.48. The molecule has 0 saturated carbocycles. The van der Waals surface area contributed by atoms with E-state index < -0.39 is 0 Å². The Morgan fingerprint density at radius 3 is 2.89 bits per heavy atom. The maximum atomic E-state index is 5.65. The second-order valence-corrected chi connectivity index (χ2v) is 5.89. The molecule has 2 unspecified atom stereocenters. The molecule has 2 atom stereocenters. The van der Waals surface area contributed by atoms with Crippen molar-refractivity contribution in [1.82, 2.24) is 15.1 Å². The molecule has 1 aliphatic rings. The number of hydrogen-bond donors (Lipinski definition) is 1. The molecule has 2 heterocycles. The zero-order valence-electron chi connectivity index (χ0n) is 12.1. The van der Waals surface area contributed by atoms with Gasteiger partial charge in [0, 0.05) is 25.1 Å². The van der Waals surface area contributed by atoms with Crippen LogP contribution in [0.25, 0.3) is 0 Å². The monoisotopic (exact) mass is 329 g/mol. The van der Waals surface area contributed by atoms with Crippen molar-refractivity contribution in [3.8, 4) is 0 Å². The Balaban J connectivity index is 2.19. The van der Waals surface area contributed by atoms with Gasteiger partial charge in [0.1, 0.15) is 0 Å². The van der Waals surface area contributed by atoms with E-state index in [4.69, 9.17) is 4.74 Å². The minimum absolute atomic E-state index is 0.529. The first-order chi connectivity index (χ1) is 9.21. The van der Waals surface area contributed by atoms with Crippen molar-refractivity contribution in [2.75, 3.05) is 20.3 Å². The van der Waals surface area contributed by atoms with Crippen molar-refractivity contribution in [3.63, 3.8) is 0 Å². The standard InChI is InChI=1S/C14H24BrN3O/c1-4-11-14(15)13(18(5-2)17-11)8-10-9-19-7-6-12(10)16-3/h10,12,16H,4-9H2,1-3H3. The third kappa shape index (κ3) is 3.20. The van der Waals surface area contributed by atoms with Gasteiger partial charge in [0.15, 0.2) is 0 Å². The van der Waals surface area contributed by atoms with Gasteiger partial charge in [-0.1, -0.05) is 6.92 Å². The summed E-state index contributed by atoms with van der Waals surface area (Å²) in [5.74, 6) is 0.529. The first kappa shape index (κ1) is 15.0. The van der Waals surface area contributed by atoms with Crippen LogP contribution in [-0.4, -0.2) is 36.1 Å². The van der Waals surface area contributed by atoms with Gasteiger partial charge in [0.25, 0.3) is 0 Å². The zero-order valence-corrected chi connectivity index (χ0v) is 13.7. The second kappa shape index (κ2) is 6.86. The number of halogens is 1. The Kier molecular flexibility index (Phi) is 5.42. The predicted molar refractivity (Wildman–Crippen MR) is 80.5 cm³/mol. The Bertz CT molecular complexity index is 419. The van der Waals surface area contributed by atoms with Gasteiger partial charge >= 0.3 is 0 Å². The number of ether oxygens (including phenoxy) is 1. The first-order valence-corrected chi connectivity index (χ1v) is 7.99. The van der Waals surface area contributed by atoms with Crippen LogP contribution in [0.4, 0.5) is 0 Å². The molecule has 0 bridgehead atoms. The van der Waals surface area contributed by atoms with Crippen LogP contribution in [0.5, 0.6) is 0 Å². The lowest BCUT2D eigenvalue weighted by Crippen LogP contribution is -2.42. The molecule has 1 aliphatic heterocycles. The van der Waals surface area contributed by atoms with E-state index in [-0.39, 0.29) is 0 Å². The number of aromatic nitrogens is 2. The predicted octanol–water partition coefficient (Wildman–Crippen LogP) is 2.39. The Labute approximate surface area is 124 Å². The molecule has 1 aromatic rings. The first-order valence-electron chi connectivity index (χ1n) is 7.20. The number of rotatable bonds is 5. The van der Waals surface area contributed by atoms with Crippen LogP contribution >= 0.6 is 15.9 Å². The van der Waals surface area contributed by atoms with E-state index >= 15 is 0 Å². The molecule has 4 nitrogen and oxygen atoms in total. The Morgan fingerprint density at radius 2 is 2.26 bits per heavy atom. The summed E-state index contributed by atoms with van der Waals surface area (Å²) < 4.78 is 8.97. The average Bonchev–Trinajstić information content (AvgIpc) is 2.76. The van der Waals surface area contributed by atoms with Gasteiger partial charge < -0.3 is 10.1 Å². The molecule has 0 amide bonds.